The van der Waals surface area contributed by atoms with E-state index in [2.05, 4.69) is 31.2 Å². The number of hydrogen-bond donors (Lipinski definition) is 1. The lowest BCUT2D eigenvalue weighted by molar-refractivity contribution is -0.113. The van der Waals surface area contributed by atoms with E-state index in [1.165, 1.54) is 40.4 Å². The lowest BCUT2D eigenvalue weighted by atomic mass is 9.97. The van der Waals surface area contributed by atoms with Crippen LogP contribution in [-0.2, 0) is 17.6 Å². The summed E-state index contributed by atoms with van der Waals surface area (Å²) in [6, 6.07) is 7.60. The van der Waals surface area contributed by atoms with Crippen molar-refractivity contribution < 1.29 is 4.79 Å². The standard InChI is InChI=1S/C19H18BrN3OS2/c1-11-21-18(17-14-4-2-3-5-15(14)26-19(17)22-11)25-10-16(24)23-13-8-6-12(20)7-9-13/h6-9H,2-5,10H2,1H3,(H,23,24). The van der Waals surface area contributed by atoms with Crippen LogP contribution in [0.4, 0.5) is 5.69 Å². The molecule has 0 radical (unpaired) electrons. The largest absolute Gasteiger partial charge is 0.325 e. The monoisotopic (exact) mass is 447 g/mol. The molecule has 0 aliphatic heterocycles. The first-order chi connectivity index (χ1) is 12.6. The van der Waals surface area contributed by atoms with Crippen LogP contribution in [0.1, 0.15) is 29.1 Å². The van der Waals surface area contributed by atoms with E-state index in [4.69, 9.17) is 0 Å². The Bertz CT molecular complexity index is 969. The van der Waals surface area contributed by atoms with Crippen LogP contribution in [0.3, 0.4) is 0 Å². The van der Waals surface area contributed by atoms with E-state index < -0.39 is 0 Å². The molecule has 4 nitrogen and oxygen atoms in total. The first-order valence-corrected chi connectivity index (χ1v) is 11.2. The summed E-state index contributed by atoms with van der Waals surface area (Å²) in [4.78, 5) is 24.1. The highest BCUT2D eigenvalue weighted by molar-refractivity contribution is 9.10. The number of carbonyl (C=O) groups excluding carboxylic acids is 1. The van der Waals surface area contributed by atoms with Crippen molar-refractivity contribution in [3.63, 3.8) is 0 Å². The van der Waals surface area contributed by atoms with Crippen LogP contribution in [0.15, 0.2) is 33.8 Å². The number of benzene rings is 1. The molecule has 0 saturated carbocycles. The molecular formula is C19H18BrN3OS2. The molecule has 1 aromatic carbocycles. The Labute approximate surface area is 169 Å². The molecule has 1 N–H and O–H groups in total. The van der Waals surface area contributed by atoms with Crippen molar-refractivity contribution in [3.8, 4) is 0 Å². The molecule has 1 amide bonds. The van der Waals surface area contributed by atoms with Gasteiger partial charge >= 0.3 is 0 Å². The zero-order valence-corrected chi connectivity index (χ0v) is 17.6. The summed E-state index contributed by atoms with van der Waals surface area (Å²) in [6.45, 7) is 1.92. The Hall–Kier alpha value is -1.44. The highest BCUT2D eigenvalue weighted by Crippen LogP contribution is 2.39. The van der Waals surface area contributed by atoms with Gasteiger partial charge in [0.05, 0.1) is 5.75 Å². The number of amides is 1. The number of aromatic nitrogens is 2. The number of nitrogens with zero attached hydrogens (tertiary/aromatic N) is 2. The second kappa shape index (κ2) is 7.66. The molecule has 0 bridgehead atoms. The molecule has 2 heterocycles. The molecule has 0 atom stereocenters. The van der Waals surface area contributed by atoms with Crippen molar-refractivity contribution in [2.45, 2.75) is 37.6 Å². The maximum atomic E-state index is 12.3. The average molecular weight is 448 g/mol. The van der Waals surface area contributed by atoms with Gasteiger partial charge in [0, 0.05) is 20.4 Å². The maximum Gasteiger partial charge on any atom is 0.234 e. The number of aryl methyl sites for hydroxylation is 3. The highest BCUT2D eigenvalue weighted by atomic mass is 79.9. The Morgan fingerprint density at radius 2 is 2.00 bits per heavy atom. The summed E-state index contributed by atoms with van der Waals surface area (Å²) in [5.74, 6) is 1.09. The van der Waals surface area contributed by atoms with Gasteiger partial charge in [-0.3, -0.25) is 4.79 Å². The van der Waals surface area contributed by atoms with Gasteiger partial charge in [0.15, 0.2) is 0 Å². The van der Waals surface area contributed by atoms with Gasteiger partial charge in [-0.05, 0) is 62.4 Å². The Morgan fingerprint density at radius 1 is 1.23 bits per heavy atom. The average Bonchev–Trinajstić information content (AvgIpc) is 2.99. The van der Waals surface area contributed by atoms with Crippen LogP contribution >= 0.6 is 39.0 Å². The second-order valence-electron chi connectivity index (χ2n) is 6.31. The van der Waals surface area contributed by atoms with Crippen molar-refractivity contribution in [1.82, 2.24) is 9.97 Å². The SMILES string of the molecule is Cc1nc(SCC(=O)Nc2ccc(Br)cc2)c2c3c(sc2n1)CCCC3. The molecule has 0 unspecified atom stereocenters. The zero-order valence-electron chi connectivity index (χ0n) is 14.3. The number of nitrogens with one attached hydrogen (secondary N) is 1. The Kier molecular flexibility index (Phi) is 5.29. The molecule has 4 rings (SSSR count). The molecule has 3 aromatic rings. The topological polar surface area (TPSA) is 54.9 Å². The van der Waals surface area contributed by atoms with Gasteiger partial charge in [-0.25, -0.2) is 9.97 Å². The number of rotatable bonds is 4. The first-order valence-electron chi connectivity index (χ1n) is 8.57. The number of hydrogen-bond acceptors (Lipinski definition) is 5. The summed E-state index contributed by atoms with van der Waals surface area (Å²) in [6.07, 6.45) is 4.72. The minimum atomic E-state index is -0.0224. The number of fused-ring (bicyclic) bond motifs is 3. The van der Waals surface area contributed by atoms with Crippen LogP contribution in [0.2, 0.25) is 0 Å². The lowest BCUT2D eigenvalue weighted by Gasteiger charge is -2.12. The lowest BCUT2D eigenvalue weighted by Crippen LogP contribution is -2.14. The number of carbonyl (C=O) groups is 1. The van der Waals surface area contributed by atoms with Crippen molar-refractivity contribution in [3.05, 3.63) is 45.0 Å². The molecular weight excluding hydrogens is 430 g/mol. The first kappa shape index (κ1) is 17.9. The number of halogens is 1. The van der Waals surface area contributed by atoms with Crippen LogP contribution in [0.5, 0.6) is 0 Å². The van der Waals surface area contributed by atoms with Gasteiger partial charge in [0.2, 0.25) is 5.91 Å². The van der Waals surface area contributed by atoms with Crippen LogP contribution in [-0.4, -0.2) is 21.6 Å². The van der Waals surface area contributed by atoms with E-state index in [1.54, 1.807) is 11.3 Å². The van der Waals surface area contributed by atoms with E-state index in [0.29, 0.717) is 5.75 Å². The van der Waals surface area contributed by atoms with Gasteiger partial charge in [0.25, 0.3) is 0 Å². The molecule has 1 aliphatic carbocycles. The maximum absolute atomic E-state index is 12.3. The number of thiophene rings is 1. The molecule has 2 aromatic heterocycles. The van der Waals surface area contributed by atoms with E-state index >= 15 is 0 Å². The third-order valence-corrected chi connectivity index (χ3v) is 7.05. The van der Waals surface area contributed by atoms with Gasteiger partial charge < -0.3 is 5.32 Å². The van der Waals surface area contributed by atoms with E-state index in [1.807, 2.05) is 31.2 Å². The van der Waals surface area contributed by atoms with Crippen molar-refractivity contribution in [2.75, 3.05) is 11.1 Å². The quantitative estimate of drug-likeness (QED) is 0.431. The minimum Gasteiger partial charge on any atom is -0.325 e. The van der Waals surface area contributed by atoms with Crippen molar-refractivity contribution in [1.29, 1.82) is 0 Å². The summed E-state index contributed by atoms with van der Waals surface area (Å²) < 4.78 is 0.992. The van der Waals surface area contributed by atoms with Gasteiger partial charge in [0.1, 0.15) is 15.7 Å². The molecule has 0 saturated heterocycles. The van der Waals surface area contributed by atoms with Crippen molar-refractivity contribution in [2.24, 2.45) is 0 Å². The van der Waals surface area contributed by atoms with Crippen LogP contribution in [0.25, 0.3) is 10.2 Å². The van der Waals surface area contributed by atoms with Crippen LogP contribution in [0, 0.1) is 6.92 Å². The third-order valence-electron chi connectivity index (χ3n) is 4.36. The van der Waals surface area contributed by atoms with Crippen molar-refractivity contribution >= 4 is 60.8 Å². The number of thioether (sulfide) groups is 1. The van der Waals surface area contributed by atoms with Gasteiger partial charge in [-0.15, -0.1) is 11.3 Å². The highest BCUT2D eigenvalue weighted by Gasteiger charge is 2.21. The zero-order chi connectivity index (χ0) is 18.1. The molecule has 7 heteroatoms. The smallest absolute Gasteiger partial charge is 0.234 e. The Balaban J connectivity index is 1.54. The Morgan fingerprint density at radius 3 is 2.81 bits per heavy atom. The number of anilines is 1. The molecule has 134 valence electrons. The van der Waals surface area contributed by atoms with Crippen LogP contribution < -0.4 is 5.32 Å². The molecule has 1 aliphatic rings. The fourth-order valence-electron chi connectivity index (χ4n) is 3.19. The fourth-order valence-corrected chi connectivity index (χ4v) is 5.73. The predicted octanol–water partition coefficient (Wildman–Crippen LogP) is 5.37. The summed E-state index contributed by atoms with van der Waals surface area (Å²) in [5.41, 5.74) is 2.21. The molecule has 0 fully saturated rings. The summed E-state index contributed by atoms with van der Waals surface area (Å²) in [5, 5.41) is 5.06. The summed E-state index contributed by atoms with van der Waals surface area (Å²) >= 11 is 6.70. The molecule has 26 heavy (non-hydrogen) atoms. The van der Waals surface area contributed by atoms with E-state index in [0.717, 1.165) is 38.7 Å². The van der Waals surface area contributed by atoms with E-state index in [-0.39, 0.29) is 5.91 Å². The molecule has 0 spiro atoms. The van der Waals surface area contributed by atoms with E-state index in [9.17, 15) is 4.79 Å². The summed E-state index contributed by atoms with van der Waals surface area (Å²) in [7, 11) is 0. The minimum absolute atomic E-state index is 0.0224. The third kappa shape index (κ3) is 3.80. The van der Waals surface area contributed by atoms with Gasteiger partial charge in [-0.1, -0.05) is 27.7 Å². The van der Waals surface area contributed by atoms with Gasteiger partial charge in [-0.2, -0.15) is 0 Å². The second-order valence-corrected chi connectivity index (χ2v) is 9.27. The fraction of sp³-hybridized carbons (Fsp3) is 0.316. The predicted molar refractivity (Wildman–Crippen MR) is 112 cm³/mol. The normalized spacial score (nSPS) is 13.6.